The van der Waals surface area contributed by atoms with Gasteiger partial charge >= 0.3 is 0 Å². The van der Waals surface area contributed by atoms with Crippen LogP contribution in [0.15, 0.2) is 23.2 Å². The molecule has 0 aliphatic heterocycles. The highest BCUT2D eigenvalue weighted by Gasteiger charge is 2.04. The number of methoxy groups -OCH3 is 1. The van der Waals surface area contributed by atoms with Crippen molar-refractivity contribution in [2.75, 3.05) is 40.5 Å². The van der Waals surface area contributed by atoms with Gasteiger partial charge in [0.05, 0.1) is 6.54 Å². The molecule has 0 unspecified atom stereocenters. The third-order valence-corrected chi connectivity index (χ3v) is 2.59. The minimum absolute atomic E-state index is 0.0289. The molecule has 0 spiro atoms. The van der Waals surface area contributed by atoms with E-state index in [1.165, 1.54) is 6.07 Å². The molecule has 0 fully saturated rings. The summed E-state index contributed by atoms with van der Waals surface area (Å²) in [4.78, 5) is 4.03. The summed E-state index contributed by atoms with van der Waals surface area (Å²) >= 11 is 0. The zero-order valence-electron chi connectivity index (χ0n) is 12.3. The molecule has 1 aromatic rings. The Hall–Kier alpha value is -1.89. The molecular weight excluding hydrogens is 280 g/mol. The topological polar surface area (TPSA) is 54.9 Å². The van der Waals surface area contributed by atoms with Crippen LogP contribution in [0.25, 0.3) is 0 Å². The van der Waals surface area contributed by atoms with Crippen molar-refractivity contribution in [1.29, 1.82) is 0 Å². The quantitative estimate of drug-likeness (QED) is 0.434. The lowest BCUT2D eigenvalue weighted by Gasteiger charge is -2.12. The van der Waals surface area contributed by atoms with Crippen LogP contribution in [0.4, 0.5) is 8.78 Å². The summed E-state index contributed by atoms with van der Waals surface area (Å²) in [5.41, 5.74) is 0. The van der Waals surface area contributed by atoms with Gasteiger partial charge in [0.2, 0.25) is 0 Å². The zero-order valence-corrected chi connectivity index (χ0v) is 12.3. The molecule has 1 rings (SSSR count). The SMILES string of the molecule is CN=C(NCCCOC)NCCOc1ccc(F)cc1F. The number of benzene rings is 1. The average Bonchev–Trinajstić information content (AvgIpc) is 2.47. The molecule has 0 aliphatic carbocycles. The second-order valence-electron chi connectivity index (χ2n) is 4.20. The smallest absolute Gasteiger partial charge is 0.191 e. The highest BCUT2D eigenvalue weighted by atomic mass is 19.1. The largest absolute Gasteiger partial charge is 0.489 e. The second-order valence-corrected chi connectivity index (χ2v) is 4.20. The van der Waals surface area contributed by atoms with E-state index in [0.29, 0.717) is 19.1 Å². The molecule has 1 aromatic carbocycles. The summed E-state index contributed by atoms with van der Waals surface area (Å²) in [6.07, 6.45) is 0.870. The number of nitrogens with zero attached hydrogens (tertiary/aromatic N) is 1. The van der Waals surface area contributed by atoms with Crippen molar-refractivity contribution in [1.82, 2.24) is 10.6 Å². The van der Waals surface area contributed by atoms with Crippen LogP contribution in [0.5, 0.6) is 5.75 Å². The van der Waals surface area contributed by atoms with Gasteiger partial charge in [0.15, 0.2) is 17.5 Å². The van der Waals surface area contributed by atoms with Crippen molar-refractivity contribution in [2.45, 2.75) is 6.42 Å². The molecule has 118 valence electrons. The van der Waals surface area contributed by atoms with Gasteiger partial charge in [-0.3, -0.25) is 4.99 Å². The van der Waals surface area contributed by atoms with Crippen molar-refractivity contribution < 1.29 is 18.3 Å². The molecule has 5 nitrogen and oxygen atoms in total. The van der Waals surface area contributed by atoms with Crippen molar-refractivity contribution in [2.24, 2.45) is 4.99 Å². The lowest BCUT2D eigenvalue weighted by atomic mass is 10.3. The van der Waals surface area contributed by atoms with Crippen LogP contribution in [0.1, 0.15) is 6.42 Å². The van der Waals surface area contributed by atoms with Crippen molar-refractivity contribution in [3.05, 3.63) is 29.8 Å². The Morgan fingerprint density at radius 2 is 1.95 bits per heavy atom. The lowest BCUT2D eigenvalue weighted by molar-refractivity contribution is 0.195. The van der Waals surface area contributed by atoms with E-state index in [-0.39, 0.29) is 12.4 Å². The Kier molecular flexibility index (Phi) is 8.11. The molecule has 7 heteroatoms. The maximum atomic E-state index is 13.3. The van der Waals surface area contributed by atoms with E-state index in [4.69, 9.17) is 9.47 Å². The number of aliphatic imine (C=N–C) groups is 1. The molecule has 0 saturated carbocycles. The van der Waals surface area contributed by atoms with Crippen molar-refractivity contribution in [3.63, 3.8) is 0 Å². The van der Waals surface area contributed by atoms with Crippen LogP contribution < -0.4 is 15.4 Å². The first-order valence-electron chi connectivity index (χ1n) is 6.68. The van der Waals surface area contributed by atoms with Gasteiger partial charge in [-0.15, -0.1) is 0 Å². The first-order chi connectivity index (χ1) is 10.2. The Labute approximate surface area is 123 Å². The monoisotopic (exact) mass is 301 g/mol. The normalized spacial score (nSPS) is 11.3. The fraction of sp³-hybridized carbons (Fsp3) is 0.500. The van der Waals surface area contributed by atoms with Crippen LogP contribution in [-0.4, -0.2) is 46.4 Å². The third kappa shape index (κ3) is 6.89. The van der Waals surface area contributed by atoms with Gasteiger partial charge in [0.1, 0.15) is 12.4 Å². The van der Waals surface area contributed by atoms with Gasteiger partial charge in [-0.1, -0.05) is 0 Å². The van der Waals surface area contributed by atoms with Crippen LogP contribution in [-0.2, 0) is 4.74 Å². The Bertz CT molecular complexity index is 456. The minimum Gasteiger partial charge on any atom is -0.489 e. The third-order valence-electron chi connectivity index (χ3n) is 2.59. The fourth-order valence-electron chi connectivity index (χ4n) is 1.57. The standard InChI is InChI=1S/C14H21F2N3O2/c1-17-14(18-6-3-8-20-2)19-7-9-21-13-5-4-11(15)10-12(13)16/h4-5,10H,3,6-9H2,1-2H3,(H2,17,18,19). The highest BCUT2D eigenvalue weighted by Crippen LogP contribution is 2.17. The molecule has 0 radical (unpaired) electrons. The fourth-order valence-corrected chi connectivity index (χ4v) is 1.57. The number of ether oxygens (including phenoxy) is 2. The maximum Gasteiger partial charge on any atom is 0.191 e. The summed E-state index contributed by atoms with van der Waals surface area (Å²) in [6.45, 7) is 2.10. The predicted octanol–water partition coefficient (Wildman–Crippen LogP) is 1.55. The van der Waals surface area contributed by atoms with Gasteiger partial charge in [0.25, 0.3) is 0 Å². The maximum absolute atomic E-state index is 13.3. The van der Waals surface area contributed by atoms with E-state index in [9.17, 15) is 8.78 Å². The van der Waals surface area contributed by atoms with E-state index in [1.54, 1.807) is 14.2 Å². The molecule has 0 bridgehead atoms. The molecule has 0 heterocycles. The van der Waals surface area contributed by atoms with Crippen LogP contribution in [0.2, 0.25) is 0 Å². The molecule has 0 aromatic heterocycles. The van der Waals surface area contributed by atoms with E-state index in [1.807, 2.05) is 0 Å². The number of rotatable bonds is 8. The van der Waals surface area contributed by atoms with E-state index < -0.39 is 11.6 Å². The van der Waals surface area contributed by atoms with Gasteiger partial charge in [0, 0.05) is 33.4 Å². The zero-order chi connectivity index (χ0) is 15.5. The number of hydrogen-bond acceptors (Lipinski definition) is 3. The first kappa shape index (κ1) is 17.2. The number of guanidine groups is 1. The van der Waals surface area contributed by atoms with E-state index in [0.717, 1.165) is 25.1 Å². The van der Waals surface area contributed by atoms with Crippen LogP contribution in [0, 0.1) is 11.6 Å². The summed E-state index contributed by atoms with van der Waals surface area (Å²) in [7, 11) is 3.31. The predicted molar refractivity (Wildman–Crippen MR) is 77.7 cm³/mol. The summed E-state index contributed by atoms with van der Waals surface area (Å²) in [5, 5.41) is 6.13. The summed E-state index contributed by atoms with van der Waals surface area (Å²) in [5.74, 6) is -0.675. The highest BCUT2D eigenvalue weighted by molar-refractivity contribution is 5.79. The van der Waals surface area contributed by atoms with Crippen molar-refractivity contribution in [3.8, 4) is 5.75 Å². The number of hydrogen-bond donors (Lipinski definition) is 2. The summed E-state index contributed by atoms with van der Waals surface area (Å²) in [6, 6.07) is 3.21. The minimum atomic E-state index is -0.711. The molecule has 0 atom stereocenters. The van der Waals surface area contributed by atoms with Gasteiger partial charge in [-0.25, -0.2) is 8.78 Å². The molecule has 0 aliphatic rings. The number of halogens is 2. The van der Waals surface area contributed by atoms with Gasteiger partial charge < -0.3 is 20.1 Å². The average molecular weight is 301 g/mol. The van der Waals surface area contributed by atoms with E-state index in [2.05, 4.69) is 15.6 Å². The second kappa shape index (κ2) is 9.93. The molecule has 21 heavy (non-hydrogen) atoms. The van der Waals surface area contributed by atoms with Gasteiger partial charge in [-0.2, -0.15) is 0 Å². The number of nitrogens with one attached hydrogen (secondary N) is 2. The van der Waals surface area contributed by atoms with E-state index >= 15 is 0 Å². The Morgan fingerprint density at radius 3 is 2.62 bits per heavy atom. The van der Waals surface area contributed by atoms with Crippen LogP contribution in [0.3, 0.4) is 0 Å². The lowest BCUT2D eigenvalue weighted by Crippen LogP contribution is -2.39. The Balaban J connectivity index is 2.22. The first-order valence-corrected chi connectivity index (χ1v) is 6.68. The molecule has 0 amide bonds. The van der Waals surface area contributed by atoms with Gasteiger partial charge in [-0.05, 0) is 18.6 Å². The van der Waals surface area contributed by atoms with Crippen LogP contribution >= 0.6 is 0 Å². The molecule has 2 N–H and O–H groups in total. The molecule has 0 saturated heterocycles. The summed E-state index contributed by atoms with van der Waals surface area (Å²) < 4.78 is 36.2. The molecular formula is C14H21F2N3O2. The Morgan fingerprint density at radius 1 is 1.19 bits per heavy atom. The van der Waals surface area contributed by atoms with Crippen molar-refractivity contribution >= 4 is 5.96 Å².